The molecule has 29 heavy (non-hydrogen) atoms. The lowest BCUT2D eigenvalue weighted by Crippen LogP contribution is -2.28. The average Bonchev–Trinajstić information content (AvgIpc) is 3.58. The summed E-state index contributed by atoms with van der Waals surface area (Å²) in [5.41, 5.74) is 3.34. The summed E-state index contributed by atoms with van der Waals surface area (Å²) in [6, 6.07) is 20.2. The van der Waals surface area contributed by atoms with Crippen LogP contribution in [0.25, 0.3) is 0 Å². The van der Waals surface area contributed by atoms with Gasteiger partial charge in [0, 0.05) is 56.1 Å². The Morgan fingerprint density at radius 1 is 1.03 bits per heavy atom. The van der Waals surface area contributed by atoms with E-state index in [1.54, 1.807) is 6.20 Å². The quantitative estimate of drug-likeness (QED) is 0.643. The van der Waals surface area contributed by atoms with E-state index in [4.69, 9.17) is 0 Å². The third-order valence-corrected chi connectivity index (χ3v) is 5.47. The number of hydrogen-bond donors (Lipinski definition) is 1. The van der Waals surface area contributed by atoms with E-state index in [9.17, 15) is 4.79 Å². The van der Waals surface area contributed by atoms with Gasteiger partial charge in [-0.15, -0.1) is 0 Å². The zero-order valence-electron chi connectivity index (χ0n) is 16.7. The van der Waals surface area contributed by atoms with Crippen LogP contribution in [-0.4, -0.2) is 29.5 Å². The van der Waals surface area contributed by atoms with Crippen molar-refractivity contribution in [2.24, 2.45) is 5.92 Å². The highest BCUT2D eigenvalue weighted by atomic mass is 16.2. The highest BCUT2D eigenvalue weighted by Gasteiger charge is 2.43. The van der Waals surface area contributed by atoms with Gasteiger partial charge in [-0.3, -0.25) is 9.78 Å². The van der Waals surface area contributed by atoms with Gasteiger partial charge in [0.05, 0.1) is 0 Å². The number of rotatable bonds is 8. The second-order valence-corrected chi connectivity index (χ2v) is 7.56. The fourth-order valence-electron chi connectivity index (χ4n) is 3.71. The summed E-state index contributed by atoms with van der Waals surface area (Å²) >= 11 is 0. The average molecular weight is 386 g/mol. The first-order valence-corrected chi connectivity index (χ1v) is 10.1. The van der Waals surface area contributed by atoms with Crippen LogP contribution in [0.2, 0.25) is 0 Å². The van der Waals surface area contributed by atoms with Crippen molar-refractivity contribution in [2.45, 2.75) is 25.3 Å². The molecule has 1 aliphatic rings. The highest BCUT2D eigenvalue weighted by molar-refractivity contribution is 5.83. The Bertz CT molecular complexity index is 945. The molecule has 0 saturated heterocycles. The van der Waals surface area contributed by atoms with Gasteiger partial charge < -0.3 is 10.2 Å². The summed E-state index contributed by atoms with van der Waals surface area (Å²) < 4.78 is 0. The number of benzene rings is 1. The molecule has 3 aromatic rings. The predicted molar refractivity (Wildman–Crippen MR) is 115 cm³/mol. The van der Waals surface area contributed by atoms with Crippen molar-refractivity contribution in [3.63, 3.8) is 0 Å². The molecule has 5 nitrogen and oxygen atoms in total. The number of pyridine rings is 2. The predicted octanol–water partition coefficient (Wildman–Crippen LogP) is 3.58. The topological polar surface area (TPSA) is 58.1 Å². The van der Waals surface area contributed by atoms with Crippen LogP contribution in [0.4, 0.5) is 5.82 Å². The Labute approximate surface area is 171 Å². The van der Waals surface area contributed by atoms with Gasteiger partial charge in [0.2, 0.25) is 5.91 Å². The maximum absolute atomic E-state index is 12.6. The van der Waals surface area contributed by atoms with Crippen LogP contribution in [0.1, 0.15) is 29.2 Å². The Kier molecular flexibility index (Phi) is 5.84. The van der Waals surface area contributed by atoms with Gasteiger partial charge in [0.25, 0.3) is 0 Å². The van der Waals surface area contributed by atoms with E-state index in [0.717, 1.165) is 36.5 Å². The van der Waals surface area contributed by atoms with Crippen LogP contribution in [0.5, 0.6) is 0 Å². The molecule has 148 valence electrons. The summed E-state index contributed by atoms with van der Waals surface area (Å²) in [6.45, 7) is 1.31. The molecule has 5 heteroatoms. The smallest absolute Gasteiger partial charge is 0.224 e. The van der Waals surface area contributed by atoms with E-state index in [1.807, 2.05) is 61.8 Å². The van der Waals surface area contributed by atoms with E-state index in [1.165, 1.54) is 5.56 Å². The number of amides is 1. The number of carbonyl (C=O) groups excluding carboxylic acids is 1. The van der Waals surface area contributed by atoms with Gasteiger partial charge in [-0.25, -0.2) is 4.98 Å². The standard InChI is InChI=1S/C24H26N4O/c1-28(15-12-20-11-5-6-13-25-20)23-19(10-7-14-26-23)17-27-24(29)22-16-21(22)18-8-3-2-4-9-18/h2-11,13-14,21-22H,12,15-17H2,1H3,(H,27,29)/t21-,22+/m0/s1. The fraction of sp³-hybridized carbons (Fsp3) is 0.292. The Morgan fingerprint density at radius 2 is 1.83 bits per heavy atom. The van der Waals surface area contributed by atoms with Crippen molar-refractivity contribution in [1.82, 2.24) is 15.3 Å². The minimum absolute atomic E-state index is 0.0828. The van der Waals surface area contributed by atoms with E-state index in [0.29, 0.717) is 12.5 Å². The maximum Gasteiger partial charge on any atom is 0.224 e. The van der Waals surface area contributed by atoms with Crippen molar-refractivity contribution >= 4 is 11.7 Å². The fourth-order valence-corrected chi connectivity index (χ4v) is 3.71. The first-order valence-electron chi connectivity index (χ1n) is 10.1. The number of carbonyl (C=O) groups is 1. The molecule has 2 aromatic heterocycles. The molecule has 1 aromatic carbocycles. The third-order valence-electron chi connectivity index (χ3n) is 5.47. The van der Waals surface area contributed by atoms with Gasteiger partial charge in [0.15, 0.2) is 0 Å². The van der Waals surface area contributed by atoms with Gasteiger partial charge in [-0.05, 0) is 36.1 Å². The van der Waals surface area contributed by atoms with Gasteiger partial charge in [0.1, 0.15) is 5.82 Å². The van der Waals surface area contributed by atoms with Crippen molar-refractivity contribution in [3.8, 4) is 0 Å². The van der Waals surface area contributed by atoms with Crippen LogP contribution in [0.3, 0.4) is 0 Å². The summed E-state index contributed by atoms with van der Waals surface area (Å²) in [6.07, 6.45) is 5.39. The monoisotopic (exact) mass is 386 g/mol. The molecule has 0 spiro atoms. The number of hydrogen-bond acceptors (Lipinski definition) is 4. The molecule has 2 atom stereocenters. The van der Waals surface area contributed by atoms with Crippen LogP contribution in [0, 0.1) is 5.92 Å². The SMILES string of the molecule is CN(CCc1ccccn1)c1ncccc1CNC(=O)[C@@H]1C[C@H]1c1ccccc1. The largest absolute Gasteiger partial charge is 0.359 e. The van der Waals surface area contributed by atoms with Crippen molar-refractivity contribution < 1.29 is 4.79 Å². The highest BCUT2D eigenvalue weighted by Crippen LogP contribution is 2.47. The molecule has 1 fully saturated rings. The Morgan fingerprint density at radius 3 is 2.62 bits per heavy atom. The van der Waals surface area contributed by atoms with Crippen LogP contribution in [-0.2, 0) is 17.8 Å². The maximum atomic E-state index is 12.6. The van der Waals surface area contributed by atoms with Gasteiger partial charge >= 0.3 is 0 Å². The molecular formula is C24H26N4O. The molecule has 4 rings (SSSR count). The molecule has 1 saturated carbocycles. The van der Waals surface area contributed by atoms with Crippen LogP contribution < -0.4 is 10.2 Å². The molecule has 1 N–H and O–H groups in total. The minimum Gasteiger partial charge on any atom is -0.359 e. The molecule has 0 unspecified atom stereocenters. The Hall–Kier alpha value is -3.21. The van der Waals surface area contributed by atoms with Gasteiger partial charge in [-0.2, -0.15) is 0 Å². The lowest BCUT2D eigenvalue weighted by atomic mass is 10.1. The number of nitrogens with zero attached hydrogens (tertiary/aromatic N) is 3. The zero-order valence-corrected chi connectivity index (χ0v) is 16.7. The van der Waals surface area contributed by atoms with Crippen LogP contribution in [0.15, 0.2) is 73.1 Å². The second-order valence-electron chi connectivity index (χ2n) is 7.56. The van der Waals surface area contributed by atoms with E-state index >= 15 is 0 Å². The molecular weight excluding hydrogens is 360 g/mol. The summed E-state index contributed by atoms with van der Waals surface area (Å²) in [5, 5.41) is 3.11. The molecule has 1 amide bonds. The summed E-state index contributed by atoms with van der Waals surface area (Å²) in [7, 11) is 2.03. The van der Waals surface area contributed by atoms with E-state index in [2.05, 4.69) is 32.3 Å². The lowest BCUT2D eigenvalue weighted by Gasteiger charge is -2.21. The first kappa shape index (κ1) is 19.1. The number of nitrogens with one attached hydrogen (secondary N) is 1. The molecule has 0 aliphatic heterocycles. The second kappa shape index (κ2) is 8.86. The van der Waals surface area contributed by atoms with Crippen molar-refractivity contribution in [1.29, 1.82) is 0 Å². The van der Waals surface area contributed by atoms with Crippen molar-refractivity contribution in [3.05, 3.63) is 89.9 Å². The molecule has 0 radical (unpaired) electrons. The summed E-state index contributed by atoms with van der Waals surface area (Å²) in [4.78, 5) is 23.7. The first-order chi connectivity index (χ1) is 14.2. The summed E-state index contributed by atoms with van der Waals surface area (Å²) in [5.74, 6) is 1.47. The van der Waals surface area contributed by atoms with E-state index in [-0.39, 0.29) is 11.8 Å². The number of anilines is 1. The third kappa shape index (κ3) is 4.80. The normalized spacial score (nSPS) is 17.6. The molecule has 0 bridgehead atoms. The van der Waals surface area contributed by atoms with Gasteiger partial charge in [-0.1, -0.05) is 42.5 Å². The number of aromatic nitrogens is 2. The lowest BCUT2D eigenvalue weighted by molar-refractivity contribution is -0.122. The minimum atomic E-state index is 0.0828. The zero-order chi connectivity index (χ0) is 20.1. The molecule has 2 heterocycles. The number of likely N-dealkylation sites (N-methyl/N-ethyl adjacent to an activating group) is 1. The Balaban J connectivity index is 1.33. The van der Waals surface area contributed by atoms with Crippen molar-refractivity contribution in [2.75, 3.05) is 18.5 Å². The molecule has 1 aliphatic carbocycles. The van der Waals surface area contributed by atoms with Crippen LogP contribution >= 0.6 is 0 Å². The van der Waals surface area contributed by atoms with E-state index < -0.39 is 0 Å².